The molecular formula is C34H42O4. The molecule has 1 fully saturated rings. The maximum Gasteiger partial charge on any atom is 0.343 e. The van der Waals surface area contributed by atoms with Crippen LogP contribution in [0.2, 0.25) is 0 Å². The Kier molecular flexibility index (Phi) is 8.50. The fraction of sp³-hybridized carbons (Fsp3) is 0.441. The number of methoxy groups -OCH3 is 1. The molecule has 4 nitrogen and oxygen atoms in total. The summed E-state index contributed by atoms with van der Waals surface area (Å²) in [5.41, 5.74) is 5.08. The van der Waals surface area contributed by atoms with Gasteiger partial charge in [-0.05, 0) is 105 Å². The first kappa shape index (κ1) is 27.8. The van der Waals surface area contributed by atoms with E-state index in [2.05, 4.69) is 58.0 Å². The number of rotatable bonds is 9. The summed E-state index contributed by atoms with van der Waals surface area (Å²) in [6.07, 6.45) is 7.84. The summed E-state index contributed by atoms with van der Waals surface area (Å²) in [6, 6.07) is 20.1. The highest BCUT2D eigenvalue weighted by atomic mass is 16.5. The summed E-state index contributed by atoms with van der Waals surface area (Å²) >= 11 is 0. The summed E-state index contributed by atoms with van der Waals surface area (Å²) in [6.45, 7) is 10.7. The van der Waals surface area contributed by atoms with Gasteiger partial charge in [0, 0.05) is 5.41 Å². The van der Waals surface area contributed by atoms with E-state index >= 15 is 0 Å². The maximum atomic E-state index is 12.8. The molecule has 0 amide bonds. The molecule has 38 heavy (non-hydrogen) atoms. The van der Waals surface area contributed by atoms with Crippen molar-refractivity contribution < 1.29 is 19.0 Å². The molecule has 3 aromatic rings. The molecule has 0 saturated heterocycles. The highest BCUT2D eigenvalue weighted by Gasteiger charge is 2.36. The lowest BCUT2D eigenvalue weighted by Crippen LogP contribution is -2.32. The molecule has 4 rings (SSSR count). The second-order valence-electron chi connectivity index (χ2n) is 11.0. The van der Waals surface area contributed by atoms with Gasteiger partial charge < -0.3 is 14.2 Å². The van der Waals surface area contributed by atoms with Crippen LogP contribution >= 0.6 is 0 Å². The molecule has 0 N–H and O–H groups in total. The van der Waals surface area contributed by atoms with Crippen LogP contribution < -0.4 is 14.2 Å². The minimum Gasteiger partial charge on any atom is -0.497 e. The van der Waals surface area contributed by atoms with Crippen LogP contribution in [0.15, 0.2) is 60.7 Å². The van der Waals surface area contributed by atoms with Crippen LogP contribution in [0.5, 0.6) is 17.2 Å². The van der Waals surface area contributed by atoms with Crippen molar-refractivity contribution in [3.63, 3.8) is 0 Å². The van der Waals surface area contributed by atoms with Crippen LogP contribution in [0.3, 0.4) is 0 Å². The minimum absolute atomic E-state index is 0.0519. The smallest absolute Gasteiger partial charge is 0.343 e. The van der Waals surface area contributed by atoms with Crippen molar-refractivity contribution in [1.29, 1.82) is 0 Å². The Labute approximate surface area is 228 Å². The number of carbonyl (C=O) groups is 1. The first-order chi connectivity index (χ1) is 18.2. The first-order valence-electron chi connectivity index (χ1n) is 14.0. The summed E-state index contributed by atoms with van der Waals surface area (Å²) in [4.78, 5) is 12.8. The molecule has 1 aliphatic rings. The first-order valence-corrected chi connectivity index (χ1v) is 14.0. The maximum absolute atomic E-state index is 12.8. The zero-order valence-corrected chi connectivity index (χ0v) is 23.9. The Hall–Kier alpha value is -3.27. The lowest BCUT2D eigenvalue weighted by atomic mass is 9.65. The standard InChI is InChI=1S/C34H42O4/c1-7-33(5,8-2)38-31-19-15-28(23-25(31)4)34(20-10-9-11-21-34)27-14-18-30(24(3)22-27)37-32(35)26-12-16-29(36-6)17-13-26/h12-19,22-23H,7-11,20-21H2,1-6H3. The lowest BCUT2D eigenvalue weighted by Gasteiger charge is -2.39. The van der Waals surface area contributed by atoms with Gasteiger partial charge in [0.2, 0.25) is 0 Å². The van der Waals surface area contributed by atoms with Crippen LogP contribution in [-0.4, -0.2) is 18.7 Å². The quantitative estimate of drug-likeness (QED) is 0.211. The number of benzene rings is 3. The van der Waals surface area contributed by atoms with Crippen LogP contribution in [0.25, 0.3) is 0 Å². The topological polar surface area (TPSA) is 44.8 Å². The summed E-state index contributed by atoms with van der Waals surface area (Å²) in [5.74, 6) is 1.91. The molecule has 0 heterocycles. The van der Waals surface area contributed by atoms with Gasteiger partial charge in [0.25, 0.3) is 0 Å². The Balaban J connectivity index is 1.62. The van der Waals surface area contributed by atoms with Crippen LogP contribution in [0, 0.1) is 13.8 Å². The Morgan fingerprint density at radius 1 is 0.816 bits per heavy atom. The predicted octanol–water partition coefficient (Wildman–Crippen LogP) is 8.74. The largest absolute Gasteiger partial charge is 0.497 e. The van der Waals surface area contributed by atoms with E-state index in [1.807, 2.05) is 13.0 Å². The number of ether oxygens (including phenoxy) is 3. The molecule has 3 aromatic carbocycles. The zero-order valence-electron chi connectivity index (χ0n) is 23.9. The molecule has 202 valence electrons. The van der Waals surface area contributed by atoms with E-state index in [1.54, 1.807) is 31.4 Å². The molecule has 0 bridgehead atoms. The zero-order chi connectivity index (χ0) is 27.3. The minimum atomic E-state index is -0.367. The third-order valence-corrected chi connectivity index (χ3v) is 8.54. The van der Waals surface area contributed by atoms with Crippen molar-refractivity contribution in [1.82, 2.24) is 0 Å². The summed E-state index contributed by atoms with van der Waals surface area (Å²) in [7, 11) is 1.61. The molecule has 0 aromatic heterocycles. The summed E-state index contributed by atoms with van der Waals surface area (Å²) in [5, 5.41) is 0. The number of carbonyl (C=O) groups excluding carboxylic acids is 1. The lowest BCUT2D eigenvalue weighted by molar-refractivity contribution is 0.0733. The molecule has 0 spiro atoms. The van der Waals surface area contributed by atoms with E-state index in [9.17, 15) is 4.79 Å². The van der Waals surface area contributed by atoms with Crippen LogP contribution in [0.4, 0.5) is 0 Å². The Morgan fingerprint density at radius 2 is 1.37 bits per heavy atom. The highest BCUT2D eigenvalue weighted by molar-refractivity contribution is 5.91. The fourth-order valence-corrected chi connectivity index (χ4v) is 5.57. The van der Waals surface area contributed by atoms with Crippen molar-refractivity contribution >= 4 is 5.97 Å². The van der Waals surface area contributed by atoms with Gasteiger partial charge in [-0.25, -0.2) is 4.79 Å². The Bertz CT molecular complexity index is 1250. The van der Waals surface area contributed by atoms with Gasteiger partial charge in [0.1, 0.15) is 22.8 Å². The normalized spacial score (nSPS) is 15.1. The van der Waals surface area contributed by atoms with Crippen molar-refractivity contribution in [2.75, 3.05) is 7.11 Å². The van der Waals surface area contributed by atoms with E-state index in [4.69, 9.17) is 14.2 Å². The van der Waals surface area contributed by atoms with Crippen molar-refractivity contribution in [2.24, 2.45) is 0 Å². The van der Waals surface area contributed by atoms with Gasteiger partial charge in [-0.15, -0.1) is 0 Å². The molecular weight excluding hydrogens is 472 g/mol. The predicted molar refractivity (Wildman–Crippen MR) is 154 cm³/mol. The van der Waals surface area contributed by atoms with Crippen molar-refractivity contribution in [3.05, 3.63) is 88.5 Å². The molecule has 0 atom stereocenters. The third-order valence-electron chi connectivity index (χ3n) is 8.54. The van der Waals surface area contributed by atoms with Gasteiger partial charge >= 0.3 is 5.97 Å². The van der Waals surface area contributed by atoms with Gasteiger partial charge in [0.15, 0.2) is 0 Å². The van der Waals surface area contributed by atoms with E-state index in [-0.39, 0.29) is 17.0 Å². The average molecular weight is 515 g/mol. The van der Waals surface area contributed by atoms with Gasteiger partial charge in [-0.3, -0.25) is 0 Å². The monoisotopic (exact) mass is 514 g/mol. The molecule has 1 saturated carbocycles. The fourth-order valence-electron chi connectivity index (χ4n) is 5.57. The molecule has 0 aliphatic heterocycles. The van der Waals surface area contributed by atoms with Crippen LogP contribution in [-0.2, 0) is 5.41 Å². The van der Waals surface area contributed by atoms with E-state index in [0.717, 1.165) is 37.0 Å². The highest BCUT2D eigenvalue weighted by Crippen LogP contribution is 2.47. The van der Waals surface area contributed by atoms with Crippen LogP contribution in [0.1, 0.15) is 98.3 Å². The molecule has 4 heteroatoms. The SMILES string of the molecule is CCC(C)(CC)Oc1ccc(C2(c3ccc(OC(=O)c4ccc(OC)cc4)c(C)c3)CCCCC2)cc1C. The molecule has 0 unspecified atom stereocenters. The van der Waals surface area contributed by atoms with Crippen molar-refractivity contribution in [3.8, 4) is 17.2 Å². The van der Waals surface area contributed by atoms with E-state index < -0.39 is 0 Å². The van der Waals surface area contributed by atoms with Gasteiger partial charge in [-0.2, -0.15) is 0 Å². The van der Waals surface area contributed by atoms with Crippen molar-refractivity contribution in [2.45, 2.75) is 90.6 Å². The average Bonchev–Trinajstić information content (AvgIpc) is 2.95. The number of aryl methyl sites for hydroxylation is 2. The molecule has 0 radical (unpaired) electrons. The van der Waals surface area contributed by atoms with Gasteiger partial charge in [-0.1, -0.05) is 57.4 Å². The number of esters is 1. The number of hydrogen-bond donors (Lipinski definition) is 0. The second-order valence-corrected chi connectivity index (χ2v) is 11.0. The Morgan fingerprint density at radius 3 is 1.87 bits per heavy atom. The van der Waals surface area contributed by atoms with E-state index in [1.165, 1.54) is 36.0 Å². The molecule has 1 aliphatic carbocycles. The second kappa shape index (κ2) is 11.6. The van der Waals surface area contributed by atoms with Gasteiger partial charge in [0.05, 0.1) is 12.7 Å². The van der Waals surface area contributed by atoms with E-state index in [0.29, 0.717) is 17.1 Å². The third kappa shape index (κ3) is 5.75. The summed E-state index contributed by atoms with van der Waals surface area (Å²) < 4.78 is 17.5. The number of hydrogen-bond acceptors (Lipinski definition) is 4.